The van der Waals surface area contributed by atoms with Gasteiger partial charge in [0.25, 0.3) is 0 Å². The molecule has 1 heterocycles. The first-order valence-corrected chi connectivity index (χ1v) is 9.13. The van der Waals surface area contributed by atoms with E-state index in [4.69, 9.17) is 4.99 Å². The first-order chi connectivity index (χ1) is 11.6. The van der Waals surface area contributed by atoms with Gasteiger partial charge in [-0.1, -0.05) is 50.6 Å². The number of hydrogen-bond acceptors (Lipinski definition) is 2. The van der Waals surface area contributed by atoms with Crippen LogP contribution in [-0.4, -0.2) is 16.7 Å². The van der Waals surface area contributed by atoms with Crippen LogP contribution in [0.25, 0.3) is 0 Å². The molecule has 0 saturated heterocycles. The Bertz CT molecular complexity index is 708. The summed E-state index contributed by atoms with van der Waals surface area (Å²) in [6.07, 6.45) is 5.88. The van der Waals surface area contributed by atoms with Crippen molar-refractivity contribution in [3.8, 4) is 0 Å². The summed E-state index contributed by atoms with van der Waals surface area (Å²) in [7, 11) is 0. The first-order valence-electron chi connectivity index (χ1n) is 9.13. The fourth-order valence-corrected chi connectivity index (χ4v) is 3.75. The van der Waals surface area contributed by atoms with Crippen LogP contribution in [0.3, 0.4) is 0 Å². The summed E-state index contributed by atoms with van der Waals surface area (Å²) in [5.74, 6) is 1.29. The van der Waals surface area contributed by atoms with E-state index >= 15 is 0 Å². The Labute approximate surface area is 146 Å². The van der Waals surface area contributed by atoms with Crippen molar-refractivity contribution in [1.29, 1.82) is 0 Å². The molecule has 1 aliphatic carbocycles. The lowest BCUT2D eigenvalue weighted by Crippen LogP contribution is -2.30. The van der Waals surface area contributed by atoms with Gasteiger partial charge in [-0.05, 0) is 50.2 Å². The zero-order chi connectivity index (χ0) is 17.1. The highest BCUT2D eigenvalue weighted by Gasteiger charge is 2.28. The van der Waals surface area contributed by atoms with E-state index in [1.165, 1.54) is 30.4 Å². The van der Waals surface area contributed by atoms with E-state index in [-0.39, 0.29) is 0 Å². The molecule has 2 nitrogen and oxygen atoms in total. The summed E-state index contributed by atoms with van der Waals surface area (Å²) in [4.78, 5) is 9.86. The smallest absolute Gasteiger partial charge is 0.0738 e. The molecule has 2 heteroatoms. The first kappa shape index (κ1) is 16.9. The summed E-state index contributed by atoms with van der Waals surface area (Å²) in [5.41, 5.74) is 5.73. The van der Waals surface area contributed by atoms with E-state index in [1.54, 1.807) is 0 Å². The maximum Gasteiger partial charge on any atom is 0.0738 e. The van der Waals surface area contributed by atoms with Crippen LogP contribution in [0, 0.1) is 25.7 Å². The third-order valence-corrected chi connectivity index (χ3v) is 5.42. The van der Waals surface area contributed by atoms with Crippen molar-refractivity contribution in [3.05, 3.63) is 65.0 Å². The number of pyridine rings is 1. The zero-order valence-electron chi connectivity index (χ0n) is 15.3. The molecule has 1 saturated carbocycles. The van der Waals surface area contributed by atoms with Gasteiger partial charge in [-0.2, -0.15) is 0 Å². The summed E-state index contributed by atoms with van der Waals surface area (Å²) in [6.45, 7) is 8.89. The zero-order valence-corrected chi connectivity index (χ0v) is 15.3. The Morgan fingerprint density at radius 1 is 1.00 bits per heavy atom. The van der Waals surface area contributed by atoms with Crippen LogP contribution in [0.4, 0.5) is 0 Å². The van der Waals surface area contributed by atoms with Gasteiger partial charge in [-0.15, -0.1) is 0 Å². The third kappa shape index (κ3) is 3.58. The quantitative estimate of drug-likeness (QED) is 0.699. The minimum absolute atomic E-state index is 0.399. The molecule has 0 bridgehead atoms. The molecule has 0 amide bonds. The fraction of sp³-hybridized carbons (Fsp3) is 0.455. The van der Waals surface area contributed by atoms with Crippen LogP contribution >= 0.6 is 0 Å². The average Bonchev–Trinajstić information content (AvgIpc) is 2.58. The molecular formula is C22H28N2. The molecule has 2 aromatic rings. The Balaban J connectivity index is 2.08. The summed E-state index contributed by atoms with van der Waals surface area (Å²) in [6, 6.07) is 13.2. The predicted molar refractivity (Wildman–Crippen MR) is 102 cm³/mol. The molecule has 24 heavy (non-hydrogen) atoms. The summed E-state index contributed by atoms with van der Waals surface area (Å²) >= 11 is 0. The Morgan fingerprint density at radius 2 is 1.67 bits per heavy atom. The molecule has 0 spiro atoms. The highest BCUT2D eigenvalue weighted by molar-refractivity contribution is 6.12. The molecular weight excluding hydrogens is 292 g/mol. The van der Waals surface area contributed by atoms with Gasteiger partial charge in [0.15, 0.2) is 0 Å². The predicted octanol–water partition coefficient (Wildman–Crippen LogP) is 5.36. The molecule has 1 aromatic carbocycles. The molecule has 0 N–H and O–H groups in total. The normalized spacial score (nSPS) is 24.8. The average molecular weight is 320 g/mol. The van der Waals surface area contributed by atoms with Gasteiger partial charge < -0.3 is 0 Å². The van der Waals surface area contributed by atoms with Gasteiger partial charge in [0.1, 0.15) is 0 Å². The number of aliphatic imine (C=N–C) groups is 1. The topological polar surface area (TPSA) is 25.2 Å². The molecule has 126 valence electrons. The standard InChI is InChI=1S/C22H28N2/c1-15-9-8-10-16(2)21(15)24-22(19-11-6-5-7-12-19)20-13-17(3)18(4)23-14-20/h5-7,11-16,21H,8-10H2,1-4H3. The lowest BCUT2D eigenvalue weighted by Gasteiger charge is -2.32. The second-order valence-corrected chi connectivity index (χ2v) is 7.35. The van der Waals surface area contributed by atoms with Crippen molar-refractivity contribution in [2.24, 2.45) is 16.8 Å². The van der Waals surface area contributed by atoms with Crippen molar-refractivity contribution in [2.75, 3.05) is 0 Å². The highest BCUT2D eigenvalue weighted by Crippen LogP contribution is 2.32. The summed E-state index contributed by atoms with van der Waals surface area (Å²) in [5, 5.41) is 0. The van der Waals surface area contributed by atoms with Crippen LogP contribution in [-0.2, 0) is 0 Å². The molecule has 1 fully saturated rings. The van der Waals surface area contributed by atoms with Crippen LogP contribution in [0.1, 0.15) is 55.5 Å². The third-order valence-electron chi connectivity index (χ3n) is 5.42. The Kier molecular flexibility index (Phi) is 5.13. The second-order valence-electron chi connectivity index (χ2n) is 7.35. The molecule has 1 aromatic heterocycles. The van der Waals surface area contributed by atoms with Crippen molar-refractivity contribution >= 4 is 5.71 Å². The number of nitrogens with zero attached hydrogens (tertiary/aromatic N) is 2. The number of aromatic nitrogens is 1. The van der Waals surface area contributed by atoms with Crippen molar-refractivity contribution in [3.63, 3.8) is 0 Å². The summed E-state index contributed by atoms with van der Waals surface area (Å²) < 4.78 is 0. The molecule has 2 unspecified atom stereocenters. The van der Waals surface area contributed by atoms with Gasteiger partial charge in [0.2, 0.25) is 0 Å². The maximum absolute atomic E-state index is 5.29. The van der Waals surface area contributed by atoms with Crippen LogP contribution < -0.4 is 0 Å². The lowest BCUT2D eigenvalue weighted by molar-refractivity contribution is 0.253. The number of benzene rings is 1. The molecule has 0 aliphatic heterocycles. The van der Waals surface area contributed by atoms with Crippen molar-refractivity contribution in [2.45, 2.75) is 53.0 Å². The van der Waals surface area contributed by atoms with Crippen LogP contribution in [0.15, 0.2) is 47.6 Å². The Morgan fingerprint density at radius 3 is 2.29 bits per heavy atom. The van der Waals surface area contributed by atoms with Gasteiger partial charge in [0, 0.05) is 23.0 Å². The van der Waals surface area contributed by atoms with E-state index < -0.39 is 0 Å². The van der Waals surface area contributed by atoms with Crippen molar-refractivity contribution in [1.82, 2.24) is 4.98 Å². The van der Waals surface area contributed by atoms with E-state index in [0.29, 0.717) is 17.9 Å². The van der Waals surface area contributed by atoms with Crippen molar-refractivity contribution < 1.29 is 0 Å². The van der Waals surface area contributed by atoms with E-state index in [2.05, 4.69) is 69.1 Å². The Hall–Kier alpha value is -1.96. The second kappa shape index (κ2) is 7.29. The number of rotatable bonds is 3. The van der Waals surface area contributed by atoms with Crippen LogP contribution in [0.5, 0.6) is 0 Å². The van der Waals surface area contributed by atoms with E-state index in [1.807, 2.05) is 6.20 Å². The lowest BCUT2D eigenvalue weighted by atomic mass is 9.79. The minimum Gasteiger partial charge on any atom is -0.280 e. The van der Waals surface area contributed by atoms with Gasteiger partial charge in [-0.25, -0.2) is 0 Å². The van der Waals surface area contributed by atoms with E-state index in [0.717, 1.165) is 17.0 Å². The molecule has 2 atom stereocenters. The maximum atomic E-state index is 5.29. The van der Waals surface area contributed by atoms with Gasteiger partial charge in [0.05, 0.1) is 11.8 Å². The minimum atomic E-state index is 0.399. The molecule has 0 radical (unpaired) electrons. The van der Waals surface area contributed by atoms with Crippen LogP contribution in [0.2, 0.25) is 0 Å². The number of hydrogen-bond donors (Lipinski definition) is 0. The molecule has 3 rings (SSSR count). The monoisotopic (exact) mass is 320 g/mol. The fourth-order valence-electron chi connectivity index (χ4n) is 3.75. The SMILES string of the molecule is Cc1cc(C(=NC2C(C)CCCC2C)c2ccccc2)cnc1C. The largest absolute Gasteiger partial charge is 0.280 e. The number of aryl methyl sites for hydroxylation is 2. The highest BCUT2D eigenvalue weighted by atomic mass is 14.8. The van der Waals surface area contributed by atoms with Gasteiger partial charge >= 0.3 is 0 Å². The van der Waals surface area contributed by atoms with Gasteiger partial charge in [-0.3, -0.25) is 9.98 Å². The molecule has 1 aliphatic rings. The van der Waals surface area contributed by atoms with E-state index in [9.17, 15) is 0 Å².